The number of imidazole rings is 1. The van der Waals surface area contributed by atoms with Crippen molar-refractivity contribution in [2.24, 2.45) is 0 Å². The van der Waals surface area contributed by atoms with Crippen LogP contribution in [0, 0.1) is 5.82 Å². The van der Waals surface area contributed by atoms with Crippen LogP contribution in [0.2, 0.25) is 5.02 Å². The maximum Gasteiger partial charge on any atom is 0.239 e. The molecule has 0 radical (unpaired) electrons. The normalized spacial score (nSPS) is 13.4. The van der Waals surface area contributed by atoms with E-state index in [0.717, 1.165) is 21.7 Å². The first-order chi connectivity index (χ1) is 20.8. The monoisotopic (exact) mass is 607 g/mol. The van der Waals surface area contributed by atoms with E-state index >= 15 is 0 Å². The van der Waals surface area contributed by atoms with Crippen molar-refractivity contribution in [2.45, 2.75) is 45.4 Å². The van der Waals surface area contributed by atoms with Crippen LogP contribution >= 0.6 is 11.6 Å². The van der Waals surface area contributed by atoms with E-state index in [1.165, 1.54) is 24.1 Å². The second-order valence-corrected chi connectivity index (χ2v) is 10.5. The average molecular weight is 608 g/mol. The number of carbonyl (C=O) groups is 3. The lowest BCUT2D eigenvalue weighted by atomic mass is 10.1. The molecular weight excluding hydrogens is 577 g/mol. The van der Waals surface area contributed by atoms with Gasteiger partial charge >= 0.3 is 0 Å². The molecule has 5 rings (SSSR count). The molecule has 4 aromatic rings. The fraction of sp³-hybridized carbons (Fsp3) is 0.300. The molecule has 0 spiro atoms. The number of hydroxylamine groups is 1. The number of carbonyl (C=O) groups excluding carboxylic acids is 3. The number of benzene rings is 2. The number of anilines is 1. The molecular formula is C30H31ClFN7O4. The Hall–Kier alpha value is -4.39. The molecule has 0 fully saturated rings. The summed E-state index contributed by atoms with van der Waals surface area (Å²) >= 11 is 6.13. The van der Waals surface area contributed by atoms with E-state index in [9.17, 15) is 18.8 Å². The minimum Gasteiger partial charge on any atom is -0.333 e. The maximum atomic E-state index is 14.0. The predicted octanol–water partition coefficient (Wildman–Crippen LogP) is 3.86. The molecule has 224 valence electrons. The zero-order valence-corrected chi connectivity index (χ0v) is 24.3. The van der Waals surface area contributed by atoms with Gasteiger partial charge in [0.15, 0.2) is 5.82 Å². The van der Waals surface area contributed by atoms with Crippen molar-refractivity contribution < 1.29 is 23.6 Å². The molecule has 0 saturated carbocycles. The number of hydrogen-bond donors (Lipinski definition) is 1. The topological polar surface area (TPSA) is 113 Å². The van der Waals surface area contributed by atoms with Crippen molar-refractivity contribution in [3.8, 4) is 0 Å². The van der Waals surface area contributed by atoms with E-state index in [2.05, 4.69) is 15.4 Å². The molecule has 13 heteroatoms. The molecule has 43 heavy (non-hydrogen) atoms. The van der Waals surface area contributed by atoms with E-state index in [-0.39, 0.29) is 48.6 Å². The molecule has 1 N–H and O–H groups in total. The van der Waals surface area contributed by atoms with Gasteiger partial charge in [0, 0.05) is 57.0 Å². The number of nitrogens with zero attached hydrogens (tertiary/aromatic N) is 6. The van der Waals surface area contributed by atoms with Crippen LogP contribution in [-0.2, 0) is 38.9 Å². The van der Waals surface area contributed by atoms with Gasteiger partial charge in [0.2, 0.25) is 18.2 Å². The molecule has 0 unspecified atom stereocenters. The molecule has 0 saturated heterocycles. The summed E-state index contributed by atoms with van der Waals surface area (Å²) in [7, 11) is 0. The molecule has 0 bridgehead atoms. The van der Waals surface area contributed by atoms with Crippen LogP contribution < -0.4 is 10.5 Å². The molecule has 3 heterocycles. The summed E-state index contributed by atoms with van der Waals surface area (Å²) in [4.78, 5) is 54.3. The highest BCUT2D eigenvalue weighted by atomic mass is 35.5. The molecule has 3 amide bonds. The van der Waals surface area contributed by atoms with Crippen molar-refractivity contribution in [3.05, 3.63) is 89.3 Å². The van der Waals surface area contributed by atoms with Crippen molar-refractivity contribution in [1.82, 2.24) is 29.9 Å². The van der Waals surface area contributed by atoms with Gasteiger partial charge in [0.05, 0.1) is 24.2 Å². The first-order valence-electron chi connectivity index (χ1n) is 13.8. The number of amides is 3. The fourth-order valence-electron chi connectivity index (χ4n) is 4.98. The van der Waals surface area contributed by atoms with Crippen molar-refractivity contribution in [3.63, 3.8) is 0 Å². The molecule has 1 aliphatic rings. The van der Waals surface area contributed by atoms with Crippen LogP contribution in [0.25, 0.3) is 10.8 Å². The Morgan fingerprint density at radius 2 is 1.98 bits per heavy atom. The van der Waals surface area contributed by atoms with Crippen LogP contribution in [0.3, 0.4) is 0 Å². The summed E-state index contributed by atoms with van der Waals surface area (Å²) in [5.41, 5.74) is 3.46. The Morgan fingerprint density at radius 1 is 1.16 bits per heavy atom. The first-order valence-corrected chi connectivity index (χ1v) is 14.2. The number of aromatic nitrogens is 3. The largest absolute Gasteiger partial charge is 0.333 e. The van der Waals surface area contributed by atoms with Crippen LogP contribution in [0.15, 0.2) is 67.1 Å². The quantitative estimate of drug-likeness (QED) is 0.192. The molecule has 1 aliphatic heterocycles. The Morgan fingerprint density at radius 3 is 2.77 bits per heavy atom. The summed E-state index contributed by atoms with van der Waals surface area (Å²) in [5.74, 6) is 0.0335. The minimum atomic E-state index is -0.691. The molecule has 2 aromatic carbocycles. The van der Waals surface area contributed by atoms with Gasteiger partial charge in [-0.25, -0.2) is 19.8 Å². The van der Waals surface area contributed by atoms with Gasteiger partial charge in [-0.1, -0.05) is 48.0 Å². The zero-order valence-electron chi connectivity index (χ0n) is 23.5. The van der Waals surface area contributed by atoms with E-state index < -0.39 is 11.9 Å². The van der Waals surface area contributed by atoms with E-state index in [0.29, 0.717) is 31.6 Å². The standard InChI is InChI=1S/C30H31ClFN7O4/c1-21(41)39(35-17-24-7-4-8-26(32)30(24)31)25(9-10-29(42)37-14-13-36-12-11-33-28(36)18-37)19-43-38(20-40)27-15-22-5-2-3-6-23(22)16-34-27/h2-8,11-12,15-16,20,25,35H,9-10,13-14,17-19H2,1H3/t25-/m0/s1. The number of pyridine rings is 1. The Kier molecular flexibility index (Phi) is 9.60. The third kappa shape index (κ3) is 7.16. The SMILES string of the molecule is CC(=O)N(NCc1cccc(F)c1Cl)[C@@H](CCC(=O)N1CCn2ccnc2C1)CON(C=O)c1cc2ccccc2cn1. The van der Waals surface area contributed by atoms with E-state index in [1.54, 1.807) is 29.4 Å². The molecule has 11 nitrogen and oxygen atoms in total. The number of fused-ring (bicyclic) bond motifs is 2. The smallest absolute Gasteiger partial charge is 0.239 e. The van der Waals surface area contributed by atoms with Crippen molar-refractivity contribution in [1.29, 1.82) is 0 Å². The van der Waals surface area contributed by atoms with Crippen LogP contribution in [0.1, 0.15) is 31.2 Å². The summed E-state index contributed by atoms with van der Waals surface area (Å²) in [6, 6.07) is 13.0. The number of hydrogen-bond acceptors (Lipinski definition) is 7. The van der Waals surface area contributed by atoms with E-state index in [1.807, 2.05) is 35.0 Å². The Balaban J connectivity index is 1.32. The van der Waals surface area contributed by atoms with Crippen LogP contribution in [0.4, 0.5) is 10.2 Å². The first kappa shape index (κ1) is 30.1. The number of rotatable bonds is 12. The zero-order chi connectivity index (χ0) is 30.3. The van der Waals surface area contributed by atoms with Gasteiger partial charge in [0.25, 0.3) is 0 Å². The molecule has 1 atom stereocenters. The summed E-state index contributed by atoms with van der Waals surface area (Å²) in [5, 5.41) is 4.03. The van der Waals surface area contributed by atoms with Crippen LogP contribution in [-0.4, -0.2) is 61.9 Å². The highest BCUT2D eigenvalue weighted by Crippen LogP contribution is 2.22. The summed E-state index contributed by atoms with van der Waals surface area (Å²) in [6.45, 7) is 2.85. The van der Waals surface area contributed by atoms with Crippen LogP contribution in [0.5, 0.6) is 0 Å². The highest BCUT2D eigenvalue weighted by Gasteiger charge is 2.27. The third-order valence-electron chi connectivity index (χ3n) is 7.31. The summed E-state index contributed by atoms with van der Waals surface area (Å²) in [6.07, 6.45) is 6.04. The van der Waals surface area contributed by atoms with Gasteiger partial charge < -0.3 is 9.47 Å². The fourth-order valence-corrected chi connectivity index (χ4v) is 5.18. The number of hydrazine groups is 1. The highest BCUT2D eigenvalue weighted by molar-refractivity contribution is 6.31. The van der Waals surface area contributed by atoms with Crippen molar-refractivity contribution in [2.75, 3.05) is 18.2 Å². The lowest BCUT2D eigenvalue weighted by Crippen LogP contribution is -2.51. The molecule has 2 aromatic heterocycles. The average Bonchev–Trinajstić information content (AvgIpc) is 3.49. The van der Waals surface area contributed by atoms with Gasteiger partial charge in [-0.3, -0.25) is 24.2 Å². The van der Waals surface area contributed by atoms with Gasteiger partial charge in [-0.15, -0.1) is 0 Å². The van der Waals surface area contributed by atoms with Crippen molar-refractivity contribution >= 4 is 46.4 Å². The predicted molar refractivity (Wildman–Crippen MR) is 158 cm³/mol. The lowest BCUT2D eigenvalue weighted by molar-refractivity contribution is -0.140. The van der Waals surface area contributed by atoms with E-state index in [4.69, 9.17) is 16.4 Å². The lowest BCUT2D eigenvalue weighted by Gasteiger charge is -2.33. The second kappa shape index (κ2) is 13.7. The third-order valence-corrected chi connectivity index (χ3v) is 7.73. The summed E-state index contributed by atoms with van der Waals surface area (Å²) < 4.78 is 16.0. The van der Waals surface area contributed by atoms with Gasteiger partial charge in [-0.2, -0.15) is 5.06 Å². The Bertz CT molecular complexity index is 1620. The maximum absolute atomic E-state index is 14.0. The molecule has 0 aliphatic carbocycles. The number of halogens is 2. The number of nitrogens with one attached hydrogen (secondary N) is 1. The van der Waals surface area contributed by atoms with Gasteiger partial charge in [-0.05, 0) is 29.5 Å². The minimum absolute atomic E-state index is 0.0407. The second-order valence-electron chi connectivity index (χ2n) is 10.1. The Labute approximate surface area is 252 Å². The van der Waals surface area contributed by atoms with Gasteiger partial charge in [0.1, 0.15) is 11.6 Å².